The molecule has 0 fully saturated rings. The van der Waals surface area contributed by atoms with Crippen LogP contribution in [0, 0.1) is 0 Å². The van der Waals surface area contributed by atoms with E-state index >= 15 is 0 Å². The normalized spacial score (nSPS) is 12.9. The fourth-order valence-corrected chi connectivity index (χ4v) is 3.33. The van der Waals surface area contributed by atoms with Crippen LogP contribution < -0.4 is 5.73 Å². The molecule has 2 rings (SSSR count). The van der Waals surface area contributed by atoms with Crippen LogP contribution in [0.5, 0.6) is 0 Å². The molecule has 0 saturated carbocycles. The summed E-state index contributed by atoms with van der Waals surface area (Å²) in [6.07, 6.45) is 5.86. The SMILES string of the molecule is Cn1cc(CCC(N)c2sccc2Br)cn1. The Labute approximate surface area is 107 Å². The summed E-state index contributed by atoms with van der Waals surface area (Å²) in [7, 11) is 1.93. The minimum Gasteiger partial charge on any atom is -0.323 e. The number of nitrogens with zero attached hydrogens (tertiary/aromatic N) is 2. The van der Waals surface area contributed by atoms with Gasteiger partial charge in [0.25, 0.3) is 0 Å². The van der Waals surface area contributed by atoms with Gasteiger partial charge in [0.15, 0.2) is 0 Å². The zero-order valence-electron chi connectivity index (χ0n) is 9.06. The molecule has 0 amide bonds. The Morgan fingerprint density at radius 1 is 1.62 bits per heavy atom. The number of hydrogen-bond acceptors (Lipinski definition) is 3. The molecule has 2 aromatic rings. The fourth-order valence-electron chi connectivity index (χ4n) is 1.62. The van der Waals surface area contributed by atoms with Crippen molar-refractivity contribution in [3.8, 4) is 0 Å². The van der Waals surface area contributed by atoms with Crippen LogP contribution in [0.25, 0.3) is 0 Å². The molecule has 5 heteroatoms. The Morgan fingerprint density at radius 3 is 3.00 bits per heavy atom. The van der Waals surface area contributed by atoms with Crippen molar-refractivity contribution in [2.24, 2.45) is 12.8 Å². The third-order valence-corrected chi connectivity index (χ3v) is 4.49. The van der Waals surface area contributed by atoms with Crippen LogP contribution in [0.15, 0.2) is 28.3 Å². The minimum absolute atomic E-state index is 0.106. The lowest BCUT2D eigenvalue weighted by molar-refractivity contribution is 0.659. The number of aromatic nitrogens is 2. The maximum atomic E-state index is 6.15. The first kappa shape index (κ1) is 11.8. The van der Waals surface area contributed by atoms with Gasteiger partial charge in [0.1, 0.15) is 0 Å². The molecule has 2 aromatic heterocycles. The predicted octanol–water partition coefficient (Wildman–Crippen LogP) is 2.88. The largest absolute Gasteiger partial charge is 0.323 e. The van der Waals surface area contributed by atoms with Crippen LogP contribution >= 0.6 is 27.3 Å². The minimum atomic E-state index is 0.106. The van der Waals surface area contributed by atoms with Crippen LogP contribution in [0.4, 0.5) is 0 Å². The van der Waals surface area contributed by atoms with Gasteiger partial charge in [-0.15, -0.1) is 11.3 Å². The molecule has 0 bridgehead atoms. The highest BCUT2D eigenvalue weighted by molar-refractivity contribution is 9.10. The monoisotopic (exact) mass is 299 g/mol. The van der Waals surface area contributed by atoms with Gasteiger partial charge in [0, 0.05) is 28.6 Å². The Balaban J connectivity index is 1.93. The lowest BCUT2D eigenvalue weighted by atomic mass is 10.1. The number of halogens is 1. The van der Waals surface area contributed by atoms with E-state index in [0.717, 1.165) is 17.3 Å². The Bertz CT molecular complexity index is 463. The molecular weight excluding hydrogens is 286 g/mol. The molecule has 0 aliphatic rings. The summed E-state index contributed by atoms with van der Waals surface area (Å²) in [6.45, 7) is 0. The molecule has 0 radical (unpaired) electrons. The first-order valence-corrected chi connectivity index (χ1v) is 6.80. The smallest absolute Gasteiger partial charge is 0.0521 e. The number of hydrogen-bond donors (Lipinski definition) is 1. The van der Waals surface area contributed by atoms with Crippen LogP contribution in [-0.2, 0) is 13.5 Å². The van der Waals surface area contributed by atoms with Crippen molar-refractivity contribution in [2.45, 2.75) is 18.9 Å². The topological polar surface area (TPSA) is 43.8 Å². The average molecular weight is 300 g/mol. The molecule has 0 aliphatic carbocycles. The van der Waals surface area contributed by atoms with Crippen LogP contribution in [-0.4, -0.2) is 9.78 Å². The third-order valence-electron chi connectivity index (χ3n) is 2.48. The van der Waals surface area contributed by atoms with E-state index in [1.165, 1.54) is 10.4 Å². The summed E-state index contributed by atoms with van der Waals surface area (Å²) in [6, 6.07) is 2.15. The summed E-state index contributed by atoms with van der Waals surface area (Å²) < 4.78 is 2.94. The number of nitrogens with two attached hydrogens (primary N) is 1. The summed E-state index contributed by atoms with van der Waals surface area (Å²) >= 11 is 5.22. The molecule has 2 heterocycles. The standard InChI is InChI=1S/C11H14BrN3S/c1-15-7-8(6-14-15)2-3-10(13)11-9(12)4-5-16-11/h4-7,10H,2-3,13H2,1H3. The highest BCUT2D eigenvalue weighted by atomic mass is 79.9. The maximum Gasteiger partial charge on any atom is 0.0521 e. The van der Waals surface area contributed by atoms with E-state index in [2.05, 4.69) is 26.4 Å². The van der Waals surface area contributed by atoms with Gasteiger partial charge in [-0.25, -0.2) is 0 Å². The quantitative estimate of drug-likeness (QED) is 0.943. The molecule has 0 saturated heterocycles. The van der Waals surface area contributed by atoms with Gasteiger partial charge in [-0.3, -0.25) is 4.68 Å². The van der Waals surface area contributed by atoms with E-state index in [4.69, 9.17) is 5.73 Å². The van der Waals surface area contributed by atoms with Crippen LogP contribution in [0.3, 0.4) is 0 Å². The van der Waals surface area contributed by atoms with Gasteiger partial charge in [0.2, 0.25) is 0 Å². The molecule has 0 aliphatic heterocycles. The van der Waals surface area contributed by atoms with Crippen LogP contribution in [0.1, 0.15) is 22.9 Å². The maximum absolute atomic E-state index is 6.15. The highest BCUT2D eigenvalue weighted by Crippen LogP contribution is 2.29. The fraction of sp³-hybridized carbons (Fsp3) is 0.364. The van der Waals surface area contributed by atoms with E-state index in [9.17, 15) is 0 Å². The number of thiophene rings is 1. The molecule has 0 spiro atoms. The average Bonchev–Trinajstić information content (AvgIpc) is 2.84. The molecule has 1 unspecified atom stereocenters. The summed E-state index contributed by atoms with van der Waals surface area (Å²) in [5, 5.41) is 6.20. The second kappa shape index (κ2) is 5.12. The third kappa shape index (κ3) is 2.72. The van der Waals surface area contributed by atoms with Gasteiger partial charge >= 0.3 is 0 Å². The molecule has 1 atom stereocenters. The lowest BCUT2D eigenvalue weighted by Gasteiger charge is -2.09. The van der Waals surface area contributed by atoms with Crippen molar-refractivity contribution in [2.75, 3.05) is 0 Å². The molecule has 86 valence electrons. The van der Waals surface area contributed by atoms with Crippen molar-refractivity contribution >= 4 is 27.3 Å². The molecule has 16 heavy (non-hydrogen) atoms. The van der Waals surface area contributed by atoms with Gasteiger partial charge in [0.05, 0.1) is 6.20 Å². The zero-order chi connectivity index (χ0) is 11.5. The second-order valence-electron chi connectivity index (χ2n) is 3.80. The molecule has 2 N–H and O–H groups in total. The highest BCUT2D eigenvalue weighted by Gasteiger charge is 2.11. The van der Waals surface area contributed by atoms with Crippen molar-refractivity contribution in [1.29, 1.82) is 0 Å². The number of rotatable bonds is 4. The van der Waals surface area contributed by atoms with Crippen LogP contribution in [0.2, 0.25) is 0 Å². The summed E-state index contributed by atoms with van der Waals surface area (Å²) in [4.78, 5) is 1.23. The van der Waals surface area contributed by atoms with Gasteiger partial charge in [-0.05, 0) is 45.8 Å². The van der Waals surface area contributed by atoms with Gasteiger partial charge in [-0.2, -0.15) is 5.10 Å². The van der Waals surface area contributed by atoms with E-state index in [0.29, 0.717) is 0 Å². The Hall–Kier alpha value is -0.650. The summed E-state index contributed by atoms with van der Waals surface area (Å²) in [5.41, 5.74) is 7.39. The number of aryl methyl sites for hydroxylation is 2. The summed E-state index contributed by atoms with van der Waals surface area (Å²) in [5.74, 6) is 0. The molecule has 0 aromatic carbocycles. The molecular formula is C11H14BrN3S. The first-order valence-electron chi connectivity index (χ1n) is 5.13. The Morgan fingerprint density at radius 2 is 2.44 bits per heavy atom. The predicted molar refractivity (Wildman–Crippen MR) is 70.5 cm³/mol. The molecule has 3 nitrogen and oxygen atoms in total. The van der Waals surface area contributed by atoms with Gasteiger partial charge in [-0.1, -0.05) is 0 Å². The van der Waals surface area contributed by atoms with Gasteiger partial charge < -0.3 is 5.73 Å². The lowest BCUT2D eigenvalue weighted by Crippen LogP contribution is -2.10. The van der Waals surface area contributed by atoms with Crippen molar-refractivity contribution in [3.05, 3.63) is 38.8 Å². The van der Waals surface area contributed by atoms with E-state index < -0.39 is 0 Å². The van der Waals surface area contributed by atoms with Crippen molar-refractivity contribution < 1.29 is 0 Å². The van der Waals surface area contributed by atoms with E-state index in [1.54, 1.807) is 11.3 Å². The van der Waals surface area contributed by atoms with Crippen molar-refractivity contribution in [1.82, 2.24) is 9.78 Å². The zero-order valence-corrected chi connectivity index (χ0v) is 11.5. The first-order chi connectivity index (χ1) is 7.66. The van der Waals surface area contributed by atoms with E-state index in [-0.39, 0.29) is 6.04 Å². The van der Waals surface area contributed by atoms with Crippen molar-refractivity contribution in [3.63, 3.8) is 0 Å². The van der Waals surface area contributed by atoms with E-state index in [1.807, 2.05) is 30.2 Å². The Kier molecular flexibility index (Phi) is 3.78. The second-order valence-corrected chi connectivity index (χ2v) is 5.60.